The minimum atomic E-state index is -0.261. The fourth-order valence-corrected chi connectivity index (χ4v) is 3.69. The third-order valence-electron chi connectivity index (χ3n) is 4.13. The lowest BCUT2D eigenvalue weighted by atomic mass is 9.78. The molecule has 0 aromatic carbocycles. The van der Waals surface area contributed by atoms with Crippen LogP contribution in [-0.4, -0.2) is 26.9 Å². The van der Waals surface area contributed by atoms with E-state index in [9.17, 15) is 4.79 Å². The zero-order valence-electron chi connectivity index (χ0n) is 12.3. The molecule has 20 heavy (non-hydrogen) atoms. The van der Waals surface area contributed by atoms with Gasteiger partial charge in [-0.3, -0.25) is 4.79 Å². The molecule has 0 radical (unpaired) electrons. The maximum Gasteiger partial charge on any atom is 0.265 e. The van der Waals surface area contributed by atoms with Crippen molar-refractivity contribution >= 4 is 29.0 Å². The van der Waals surface area contributed by atoms with Gasteiger partial charge in [-0.1, -0.05) is 25.3 Å². The van der Waals surface area contributed by atoms with Crippen molar-refractivity contribution in [3.63, 3.8) is 0 Å². The van der Waals surface area contributed by atoms with E-state index in [1.54, 1.807) is 0 Å². The first kappa shape index (κ1) is 15.7. The van der Waals surface area contributed by atoms with Crippen molar-refractivity contribution in [3.05, 3.63) is 10.6 Å². The summed E-state index contributed by atoms with van der Waals surface area (Å²) in [4.78, 5) is 13.1. The van der Waals surface area contributed by atoms with Gasteiger partial charge >= 0.3 is 0 Å². The fraction of sp³-hybridized carbons (Fsp3) is 0.786. The molecule has 1 N–H and O–H groups in total. The number of alkyl halides is 1. The number of amides is 1. The Morgan fingerprint density at radius 1 is 1.50 bits per heavy atom. The van der Waals surface area contributed by atoms with E-state index in [0.717, 1.165) is 37.3 Å². The molecule has 1 aromatic heterocycles. The Labute approximate surface area is 129 Å². The molecule has 1 aliphatic carbocycles. The third-order valence-corrected chi connectivity index (χ3v) is 5.38. The number of carbonyl (C=O) groups is 1. The van der Waals surface area contributed by atoms with E-state index in [1.165, 1.54) is 11.5 Å². The molecule has 4 nitrogen and oxygen atoms in total. The molecule has 0 spiro atoms. The van der Waals surface area contributed by atoms with E-state index < -0.39 is 0 Å². The van der Waals surface area contributed by atoms with Crippen LogP contribution in [0.5, 0.6) is 0 Å². The second-order valence-electron chi connectivity index (χ2n) is 6.19. The van der Waals surface area contributed by atoms with E-state index in [1.807, 2.05) is 13.8 Å². The van der Waals surface area contributed by atoms with E-state index in [-0.39, 0.29) is 17.4 Å². The van der Waals surface area contributed by atoms with Gasteiger partial charge < -0.3 is 5.32 Å². The molecule has 0 saturated heterocycles. The average Bonchev–Trinajstić information content (AvgIpc) is 2.91. The number of aromatic nitrogens is 2. The predicted molar refractivity (Wildman–Crippen MR) is 82.5 cm³/mol. The van der Waals surface area contributed by atoms with Gasteiger partial charge in [0.1, 0.15) is 4.88 Å². The molecule has 1 amide bonds. The highest BCUT2D eigenvalue weighted by Crippen LogP contribution is 2.33. The van der Waals surface area contributed by atoms with Crippen LogP contribution in [-0.2, 0) is 0 Å². The zero-order valence-corrected chi connectivity index (χ0v) is 13.9. The minimum Gasteiger partial charge on any atom is -0.345 e. The second-order valence-corrected chi connectivity index (χ2v) is 7.21. The Bertz CT molecular complexity index is 467. The lowest BCUT2D eigenvalue weighted by Crippen LogP contribution is -2.52. The summed E-state index contributed by atoms with van der Waals surface area (Å²) in [6.07, 6.45) is 4.13. The Kier molecular flexibility index (Phi) is 5.02. The second kappa shape index (κ2) is 6.39. The van der Waals surface area contributed by atoms with Crippen LogP contribution >= 0.6 is 23.1 Å². The third kappa shape index (κ3) is 3.31. The van der Waals surface area contributed by atoms with Crippen molar-refractivity contribution in [2.24, 2.45) is 5.92 Å². The Morgan fingerprint density at radius 2 is 2.15 bits per heavy atom. The van der Waals surface area contributed by atoms with Gasteiger partial charge in [0.05, 0.1) is 11.2 Å². The fourth-order valence-electron chi connectivity index (χ4n) is 2.64. The molecule has 1 aliphatic rings. The van der Waals surface area contributed by atoms with Crippen molar-refractivity contribution in [1.82, 2.24) is 14.9 Å². The lowest BCUT2D eigenvalue weighted by Gasteiger charge is -2.38. The highest BCUT2D eigenvalue weighted by molar-refractivity contribution is 7.08. The first-order chi connectivity index (χ1) is 9.47. The normalized spacial score (nSPS) is 26.8. The zero-order chi connectivity index (χ0) is 14.8. The molecule has 6 heteroatoms. The van der Waals surface area contributed by atoms with Crippen LogP contribution in [0, 0.1) is 5.92 Å². The smallest absolute Gasteiger partial charge is 0.265 e. The summed E-state index contributed by atoms with van der Waals surface area (Å²) in [5.74, 6) is 1.32. The van der Waals surface area contributed by atoms with Crippen molar-refractivity contribution in [1.29, 1.82) is 0 Å². The summed E-state index contributed by atoms with van der Waals surface area (Å²) < 4.78 is 3.92. The molecule has 1 saturated carbocycles. The Hall–Kier alpha value is -0.680. The van der Waals surface area contributed by atoms with Gasteiger partial charge in [-0.2, -0.15) is 0 Å². The van der Waals surface area contributed by atoms with Crippen LogP contribution in [0.2, 0.25) is 0 Å². The number of rotatable bonds is 4. The van der Waals surface area contributed by atoms with Crippen LogP contribution in [0.4, 0.5) is 0 Å². The van der Waals surface area contributed by atoms with Gasteiger partial charge in [0.2, 0.25) is 0 Å². The summed E-state index contributed by atoms with van der Waals surface area (Å²) >= 11 is 7.32. The van der Waals surface area contributed by atoms with E-state index in [0.29, 0.717) is 10.8 Å². The van der Waals surface area contributed by atoms with Crippen molar-refractivity contribution in [2.75, 3.05) is 5.88 Å². The molecule has 2 rings (SSSR count). The van der Waals surface area contributed by atoms with Crippen LogP contribution in [0.1, 0.15) is 67.7 Å². The van der Waals surface area contributed by atoms with E-state index in [2.05, 4.69) is 21.8 Å². The maximum absolute atomic E-state index is 12.5. The van der Waals surface area contributed by atoms with Gasteiger partial charge in [-0.25, -0.2) is 0 Å². The van der Waals surface area contributed by atoms with Crippen LogP contribution < -0.4 is 5.32 Å². The largest absolute Gasteiger partial charge is 0.345 e. The van der Waals surface area contributed by atoms with E-state index >= 15 is 0 Å². The van der Waals surface area contributed by atoms with Crippen molar-refractivity contribution in [3.8, 4) is 0 Å². The summed E-state index contributed by atoms with van der Waals surface area (Å²) in [6.45, 7) is 6.30. The summed E-state index contributed by atoms with van der Waals surface area (Å²) in [7, 11) is 0. The summed E-state index contributed by atoms with van der Waals surface area (Å²) in [5, 5.41) is 7.22. The quantitative estimate of drug-likeness (QED) is 0.864. The highest BCUT2D eigenvalue weighted by atomic mass is 35.5. The number of hydrogen-bond acceptors (Lipinski definition) is 4. The molecule has 0 aliphatic heterocycles. The molecule has 112 valence electrons. The van der Waals surface area contributed by atoms with Crippen LogP contribution in [0.15, 0.2) is 0 Å². The van der Waals surface area contributed by atoms with Crippen LogP contribution in [0.25, 0.3) is 0 Å². The number of halogens is 1. The van der Waals surface area contributed by atoms with E-state index in [4.69, 9.17) is 11.6 Å². The first-order valence-corrected chi connectivity index (χ1v) is 8.49. The summed E-state index contributed by atoms with van der Waals surface area (Å²) in [5.41, 5.74) is 0.519. The standard InChI is InChI=1S/C14H22ClN3OS/c1-9(2)11-12(20-18-17-11)13(19)16-14(8-15)6-4-10(3)5-7-14/h9-10H,4-8H2,1-3H3,(H,16,19). The van der Waals surface area contributed by atoms with Gasteiger partial charge in [0, 0.05) is 5.88 Å². The van der Waals surface area contributed by atoms with Gasteiger partial charge in [0.25, 0.3) is 5.91 Å². The molecular formula is C14H22ClN3OS. The minimum absolute atomic E-state index is 0.0705. The highest BCUT2D eigenvalue weighted by Gasteiger charge is 2.36. The maximum atomic E-state index is 12.5. The molecule has 1 heterocycles. The van der Waals surface area contributed by atoms with Gasteiger partial charge in [-0.15, -0.1) is 16.7 Å². The average molecular weight is 316 g/mol. The van der Waals surface area contributed by atoms with Crippen LogP contribution in [0.3, 0.4) is 0 Å². The molecule has 1 aromatic rings. The topological polar surface area (TPSA) is 54.9 Å². The Balaban J connectivity index is 2.11. The van der Waals surface area contributed by atoms with Gasteiger partial charge in [0.15, 0.2) is 0 Å². The Morgan fingerprint density at radius 3 is 2.70 bits per heavy atom. The monoisotopic (exact) mass is 315 g/mol. The number of hydrogen-bond donors (Lipinski definition) is 1. The molecule has 0 unspecified atom stereocenters. The number of nitrogens with zero attached hydrogens (tertiary/aromatic N) is 2. The predicted octanol–water partition coefficient (Wildman–Crippen LogP) is 3.58. The van der Waals surface area contributed by atoms with Crippen molar-refractivity contribution < 1.29 is 4.79 Å². The molecule has 1 fully saturated rings. The summed E-state index contributed by atoms with van der Waals surface area (Å²) in [6, 6.07) is 0. The molecular weight excluding hydrogens is 294 g/mol. The SMILES string of the molecule is CC1CCC(CCl)(NC(=O)c2snnc2C(C)C)CC1. The van der Waals surface area contributed by atoms with Gasteiger partial charge in [-0.05, 0) is 49.1 Å². The number of nitrogens with one attached hydrogen (secondary N) is 1. The first-order valence-electron chi connectivity index (χ1n) is 7.18. The number of carbonyl (C=O) groups excluding carboxylic acids is 1. The van der Waals surface area contributed by atoms with Crippen molar-refractivity contribution in [2.45, 2.75) is 57.9 Å². The lowest BCUT2D eigenvalue weighted by molar-refractivity contribution is 0.0875. The molecule has 0 atom stereocenters. The molecule has 0 bridgehead atoms.